The van der Waals surface area contributed by atoms with Gasteiger partial charge in [-0.15, -0.1) is 11.3 Å². The molecule has 0 bridgehead atoms. The van der Waals surface area contributed by atoms with E-state index in [0.29, 0.717) is 28.3 Å². The molecule has 0 N–H and O–H groups in total. The first-order chi connectivity index (χ1) is 13.0. The van der Waals surface area contributed by atoms with Crippen LogP contribution in [0.15, 0.2) is 35.4 Å². The van der Waals surface area contributed by atoms with Gasteiger partial charge in [-0.2, -0.15) is 0 Å². The number of hydrogen-bond acceptors (Lipinski definition) is 5. The van der Waals surface area contributed by atoms with Gasteiger partial charge in [-0.3, -0.25) is 9.36 Å². The molecule has 7 heteroatoms. The van der Waals surface area contributed by atoms with E-state index in [1.54, 1.807) is 12.1 Å². The van der Waals surface area contributed by atoms with Crippen LogP contribution in [0.4, 0.5) is 0 Å². The fourth-order valence-electron chi connectivity index (χ4n) is 3.08. The Morgan fingerprint density at radius 1 is 1.30 bits per heavy atom. The van der Waals surface area contributed by atoms with Crippen LogP contribution in [0.3, 0.4) is 0 Å². The molecule has 0 aliphatic heterocycles. The number of aromatic nitrogens is 2. The Balaban J connectivity index is 2.16. The van der Waals surface area contributed by atoms with Crippen molar-refractivity contribution in [2.24, 2.45) is 0 Å². The lowest BCUT2D eigenvalue weighted by Crippen LogP contribution is -2.31. The van der Waals surface area contributed by atoms with Crippen molar-refractivity contribution in [1.29, 1.82) is 0 Å². The van der Waals surface area contributed by atoms with Gasteiger partial charge >= 0.3 is 5.97 Å². The van der Waals surface area contributed by atoms with Crippen LogP contribution >= 0.6 is 22.9 Å². The minimum absolute atomic E-state index is 0.227. The van der Waals surface area contributed by atoms with Gasteiger partial charge in [0.25, 0.3) is 5.56 Å². The molecule has 0 fully saturated rings. The maximum Gasteiger partial charge on any atom is 0.329 e. The molecule has 0 radical (unpaired) electrons. The minimum Gasteiger partial charge on any atom is -0.464 e. The third-order valence-corrected chi connectivity index (χ3v) is 5.65. The molecule has 2 heterocycles. The summed E-state index contributed by atoms with van der Waals surface area (Å²) in [7, 11) is 0. The normalized spacial score (nSPS) is 12.3. The van der Waals surface area contributed by atoms with Crippen molar-refractivity contribution in [2.75, 3.05) is 6.61 Å². The summed E-state index contributed by atoms with van der Waals surface area (Å²) >= 11 is 7.47. The van der Waals surface area contributed by atoms with E-state index in [9.17, 15) is 9.59 Å². The Morgan fingerprint density at radius 2 is 2.00 bits per heavy atom. The van der Waals surface area contributed by atoms with E-state index in [-0.39, 0.29) is 5.56 Å². The molecular formula is C20H21ClN2O3S. The summed E-state index contributed by atoms with van der Waals surface area (Å²) in [6.07, 6.45) is 2.64. The molecule has 0 saturated heterocycles. The number of carbonyl (C=O) groups excluding carboxylic acids is 1. The molecule has 0 aliphatic rings. The van der Waals surface area contributed by atoms with Crippen LogP contribution in [0, 0.1) is 6.92 Å². The Bertz CT molecular complexity index is 1020. The van der Waals surface area contributed by atoms with E-state index in [1.165, 1.54) is 22.2 Å². The first kappa shape index (κ1) is 19.6. The third-order valence-electron chi connectivity index (χ3n) is 4.39. The quantitative estimate of drug-likeness (QED) is 0.543. The SMILES string of the molecule is CCCOC(=O)C(CC)n1cnc2sc(C)c(-c3ccc(Cl)cc3)c2c1=O. The molecule has 1 aromatic carbocycles. The zero-order chi connectivity index (χ0) is 19.6. The highest BCUT2D eigenvalue weighted by molar-refractivity contribution is 7.19. The van der Waals surface area contributed by atoms with Crippen molar-refractivity contribution < 1.29 is 9.53 Å². The second-order valence-corrected chi connectivity index (χ2v) is 7.91. The van der Waals surface area contributed by atoms with Gasteiger partial charge in [-0.25, -0.2) is 9.78 Å². The average molecular weight is 405 g/mol. The second kappa shape index (κ2) is 8.23. The van der Waals surface area contributed by atoms with E-state index in [2.05, 4.69) is 4.98 Å². The van der Waals surface area contributed by atoms with Gasteiger partial charge in [-0.05, 0) is 37.5 Å². The summed E-state index contributed by atoms with van der Waals surface area (Å²) in [4.78, 5) is 31.8. The second-order valence-electron chi connectivity index (χ2n) is 6.27. The zero-order valence-electron chi connectivity index (χ0n) is 15.5. The number of halogens is 1. The highest BCUT2D eigenvalue weighted by atomic mass is 35.5. The third kappa shape index (κ3) is 3.77. The van der Waals surface area contributed by atoms with Crippen molar-refractivity contribution >= 4 is 39.1 Å². The number of thiophene rings is 1. The van der Waals surface area contributed by atoms with E-state index in [4.69, 9.17) is 16.3 Å². The van der Waals surface area contributed by atoms with E-state index < -0.39 is 12.0 Å². The van der Waals surface area contributed by atoms with E-state index in [1.807, 2.05) is 32.9 Å². The number of ether oxygens (including phenoxy) is 1. The van der Waals surface area contributed by atoms with Gasteiger partial charge in [0, 0.05) is 15.5 Å². The fraction of sp³-hybridized carbons (Fsp3) is 0.350. The van der Waals surface area contributed by atoms with Crippen LogP contribution in [0.25, 0.3) is 21.3 Å². The van der Waals surface area contributed by atoms with Gasteiger partial charge in [0.15, 0.2) is 0 Å². The highest BCUT2D eigenvalue weighted by Gasteiger charge is 2.24. The lowest BCUT2D eigenvalue weighted by Gasteiger charge is -2.16. The average Bonchev–Trinajstić information content (AvgIpc) is 3.00. The fourth-order valence-corrected chi connectivity index (χ4v) is 4.21. The number of rotatable bonds is 6. The maximum atomic E-state index is 13.3. The van der Waals surface area contributed by atoms with Crippen LogP contribution in [0.2, 0.25) is 5.02 Å². The van der Waals surface area contributed by atoms with Gasteiger partial charge < -0.3 is 4.74 Å². The van der Waals surface area contributed by atoms with Crippen LogP contribution in [0.1, 0.15) is 37.6 Å². The summed E-state index contributed by atoms with van der Waals surface area (Å²) in [5, 5.41) is 1.17. The van der Waals surface area contributed by atoms with Crippen LogP contribution in [-0.4, -0.2) is 22.1 Å². The molecule has 3 aromatic rings. The topological polar surface area (TPSA) is 61.2 Å². The molecule has 1 unspecified atom stereocenters. The smallest absolute Gasteiger partial charge is 0.329 e. The number of fused-ring (bicyclic) bond motifs is 1. The first-order valence-electron chi connectivity index (χ1n) is 8.90. The molecule has 3 rings (SSSR count). The van der Waals surface area contributed by atoms with Gasteiger partial charge in [0.1, 0.15) is 10.9 Å². The predicted octanol–water partition coefficient (Wildman–Crippen LogP) is 4.99. The van der Waals surface area contributed by atoms with Gasteiger partial charge in [0.2, 0.25) is 0 Å². The molecule has 5 nitrogen and oxygen atoms in total. The standard InChI is InChI=1S/C20H21ClN2O3S/c1-4-10-26-20(25)15(5-2)23-11-22-18-17(19(23)24)16(12(3)27-18)13-6-8-14(21)9-7-13/h6-9,11,15H,4-5,10H2,1-3H3. The molecular weight excluding hydrogens is 384 g/mol. The first-order valence-corrected chi connectivity index (χ1v) is 10.1. The Labute approximate surface area is 166 Å². The molecule has 0 saturated carbocycles. The molecule has 142 valence electrons. The molecule has 0 amide bonds. The predicted molar refractivity (Wildman–Crippen MR) is 110 cm³/mol. The Morgan fingerprint density at radius 3 is 2.63 bits per heavy atom. The maximum absolute atomic E-state index is 13.3. The molecule has 27 heavy (non-hydrogen) atoms. The molecule has 0 spiro atoms. The number of nitrogens with zero attached hydrogens (tertiary/aromatic N) is 2. The summed E-state index contributed by atoms with van der Waals surface area (Å²) in [5.41, 5.74) is 1.52. The van der Waals surface area contributed by atoms with Crippen LogP contribution in [-0.2, 0) is 9.53 Å². The van der Waals surface area contributed by atoms with Crippen LogP contribution in [0.5, 0.6) is 0 Å². The van der Waals surface area contributed by atoms with E-state index >= 15 is 0 Å². The van der Waals surface area contributed by atoms with Crippen molar-refractivity contribution in [3.05, 3.63) is 50.8 Å². The van der Waals surface area contributed by atoms with Crippen molar-refractivity contribution in [3.8, 4) is 11.1 Å². The Hall–Kier alpha value is -2.18. The highest BCUT2D eigenvalue weighted by Crippen LogP contribution is 2.36. The summed E-state index contributed by atoms with van der Waals surface area (Å²) in [6.45, 7) is 6.09. The van der Waals surface area contributed by atoms with Crippen molar-refractivity contribution in [3.63, 3.8) is 0 Å². The number of esters is 1. The van der Waals surface area contributed by atoms with Gasteiger partial charge in [-0.1, -0.05) is 37.6 Å². The van der Waals surface area contributed by atoms with Crippen molar-refractivity contribution in [2.45, 2.75) is 39.7 Å². The van der Waals surface area contributed by atoms with Crippen LogP contribution < -0.4 is 5.56 Å². The lowest BCUT2D eigenvalue weighted by atomic mass is 10.0. The zero-order valence-corrected chi connectivity index (χ0v) is 17.1. The number of carbonyl (C=O) groups is 1. The summed E-state index contributed by atoms with van der Waals surface area (Å²) in [6, 6.07) is 6.69. The molecule has 0 aliphatic carbocycles. The lowest BCUT2D eigenvalue weighted by molar-refractivity contribution is -0.147. The number of hydrogen-bond donors (Lipinski definition) is 0. The summed E-state index contributed by atoms with van der Waals surface area (Å²) in [5.74, 6) is -0.400. The largest absolute Gasteiger partial charge is 0.464 e. The van der Waals surface area contributed by atoms with E-state index in [0.717, 1.165) is 22.4 Å². The summed E-state index contributed by atoms with van der Waals surface area (Å²) < 4.78 is 6.66. The Kier molecular flexibility index (Phi) is 5.97. The number of benzene rings is 1. The molecule has 2 aromatic heterocycles. The molecule has 1 atom stereocenters. The van der Waals surface area contributed by atoms with Crippen molar-refractivity contribution in [1.82, 2.24) is 9.55 Å². The monoisotopic (exact) mass is 404 g/mol. The minimum atomic E-state index is -0.681. The number of aryl methyl sites for hydroxylation is 1. The van der Waals surface area contributed by atoms with Gasteiger partial charge in [0.05, 0.1) is 18.3 Å².